The quantitative estimate of drug-likeness (QED) is 0.634. The molecule has 106 valence electrons. The number of hydrogen-bond donors (Lipinski definition) is 1. The second-order valence-corrected chi connectivity index (χ2v) is 5.44. The number of nitrogens with two attached hydrogens (primary N) is 1. The third-order valence-electron chi connectivity index (χ3n) is 3.13. The molecule has 0 aromatic heterocycles. The molecule has 19 heavy (non-hydrogen) atoms. The molecule has 0 radical (unpaired) electrons. The van der Waals surface area contributed by atoms with Crippen molar-refractivity contribution in [2.24, 2.45) is 0 Å². The standard InChI is InChI=1S/C15H23ClN2O/c1-4-5-6-9-18(11(2)3)15(19)12-7-8-13(16)14(17)10-12/h7-8,10-11H,4-6,9,17H2,1-3H3. The van der Waals surface area contributed by atoms with E-state index in [1.54, 1.807) is 18.2 Å². The number of benzene rings is 1. The van der Waals surface area contributed by atoms with Crippen LogP contribution in [0.4, 0.5) is 5.69 Å². The van der Waals surface area contributed by atoms with Crippen LogP contribution in [0.3, 0.4) is 0 Å². The molecule has 0 aliphatic rings. The Balaban J connectivity index is 2.83. The fraction of sp³-hybridized carbons (Fsp3) is 0.533. The van der Waals surface area contributed by atoms with E-state index in [9.17, 15) is 4.79 Å². The van der Waals surface area contributed by atoms with Gasteiger partial charge < -0.3 is 10.6 Å². The molecule has 0 bridgehead atoms. The van der Waals surface area contributed by atoms with Crippen molar-refractivity contribution in [3.8, 4) is 0 Å². The lowest BCUT2D eigenvalue weighted by Crippen LogP contribution is -2.37. The molecule has 1 amide bonds. The van der Waals surface area contributed by atoms with Crippen LogP contribution < -0.4 is 5.73 Å². The zero-order valence-electron chi connectivity index (χ0n) is 11.9. The Hall–Kier alpha value is -1.22. The summed E-state index contributed by atoms with van der Waals surface area (Å²) in [4.78, 5) is 14.4. The van der Waals surface area contributed by atoms with Crippen LogP contribution in [0.15, 0.2) is 18.2 Å². The third-order valence-corrected chi connectivity index (χ3v) is 3.47. The number of nitrogens with zero attached hydrogens (tertiary/aromatic N) is 1. The summed E-state index contributed by atoms with van der Waals surface area (Å²) in [5.74, 6) is 0.0227. The molecule has 1 aromatic carbocycles. The van der Waals surface area contributed by atoms with Crippen molar-refractivity contribution in [2.75, 3.05) is 12.3 Å². The van der Waals surface area contributed by atoms with E-state index in [1.165, 1.54) is 0 Å². The molecule has 0 fully saturated rings. The molecule has 4 heteroatoms. The molecule has 1 aromatic rings. The molecule has 0 spiro atoms. The Morgan fingerprint density at radius 3 is 2.58 bits per heavy atom. The number of anilines is 1. The second-order valence-electron chi connectivity index (χ2n) is 5.04. The van der Waals surface area contributed by atoms with Gasteiger partial charge >= 0.3 is 0 Å². The highest BCUT2D eigenvalue weighted by atomic mass is 35.5. The Morgan fingerprint density at radius 1 is 1.37 bits per heavy atom. The molecular weight excluding hydrogens is 260 g/mol. The number of nitrogen functional groups attached to an aromatic ring is 1. The van der Waals surface area contributed by atoms with Crippen LogP contribution in [0.2, 0.25) is 5.02 Å². The van der Waals surface area contributed by atoms with Gasteiger partial charge in [0.2, 0.25) is 0 Å². The average molecular weight is 283 g/mol. The van der Waals surface area contributed by atoms with Gasteiger partial charge in [0.25, 0.3) is 5.91 Å². The minimum atomic E-state index is 0.0227. The topological polar surface area (TPSA) is 46.3 Å². The molecule has 0 saturated heterocycles. The second kappa shape index (κ2) is 7.39. The lowest BCUT2D eigenvalue weighted by molar-refractivity contribution is 0.0702. The van der Waals surface area contributed by atoms with Crippen molar-refractivity contribution in [1.29, 1.82) is 0 Å². The first-order valence-corrected chi connectivity index (χ1v) is 7.21. The highest BCUT2D eigenvalue weighted by Gasteiger charge is 2.18. The summed E-state index contributed by atoms with van der Waals surface area (Å²) in [5.41, 5.74) is 6.81. The molecule has 0 atom stereocenters. The van der Waals surface area contributed by atoms with Gasteiger partial charge in [-0.05, 0) is 38.5 Å². The largest absolute Gasteiger partial charge is 0.398 e. The monoisotopic (exact) mass is 282 g/mol. The van der Waals surface area contributed by atoms with E-state index in [0.29, 0.717) is 16.3 Å². The number of amides is 1. The zero-order chi connectivity index (χ0) is 14.4. The molecule has 0 aliphatic carbocycles. The number of carbonyl (C=O) groups is 1. The van der Waals surface area contributed by atoms with Crippen LogP contribution in [-0.2, 0) is 0 Å². The third kappa shape index (κ3) is 4.43. The summed E-state index contributed by atoms with van der Waals surface area (Å²) in [7, 11) is 0. The number of hydrogen-bond acceptors (Lipinski definition) is 2. The van der Waals surface area contributed by atoms with E-state index in [1.807, 2.05) is 18.7 Å². The SMILES string of the molecule is CCCCCN(C(=O)c1ccc(Cl)c(N)c1)C(C)C. The fourth-order valence-electron chi connectivity index (χ4n) is 1.97. The van der Waals surface area contributed by atoms with Gasteiger partial charge in [0.15, 0.2) is 0 Å². The van der Waals surface area contributed by atoms with E-state index in [-0.39, 0.29) is 11.9 Å². The summed E-state index contributed by atoms with van der Waals surface area (Å²) in [6, 6.07) is 5.24. The van der Waals surface area contributed by atoms with E-state index >= 15 is 0 Å². The summed E-state index contributed by atoms with van der Waals surface area (Å²) in [6.45, 7) is 7.00. The van der Waals surface area contributed by atoms with Crippen molar-refractivity contribution in [3.63, 3.8) is 0 Å². The van der Waals surface area contributed by atoms with Crippen LogP contribution in [0.25, 0.3) is 0 Å². The summed E-state index contributed by atoms with van der Waals surface area (Å²) in [6.07, 6.45) is 3.32. The van der Waals surface area contributed by atoms with Gasteiger partial charge in [-0.2, -0.15) is 0 Å². The fourth-order valence-corrected chi connectivity index (χ4v) is 2.09. The minimum Gasteiger partial charge on any atom is -0.398 e. The van der Waals surface area contributed by atoms with Gasteiger partial charge in [-0.1, -0.05) is 31.4 Å². The Labute approximate surface area is 120 Å². The maximum Gasteiger partial charge on any atom is 0.254 e. The molecule has 2 N–H and O–H groups in total. The van der Waals surface area contributed by atoms with Gasteiger partial charge in [0.05, 0.1) is 10.7 Å². The van der Waals surface area contributed by atoms with Crippen molar-refractivity contribution < 1.29 is 4.79 Å². The van der Waals surface area contributed by atoms with E-state index in [4.69, 9.17) is 17.3 Å². The number of halogens is 1. The first-order chi connectivity index (χ1) is 8.97. The summed E-state index contributed by atoms with van der Waals surface area (Å²) < 4.78 is 0. The van der Waals surface area contributed by atoms with Gasteiger partial charge in [-0.3, -0.25) is 4.79 Å². The van der Waals surface area contributed by atoms with Crippen molar-refractivity contribution in [1.82, 2.24) is 4.90 Å². The molecule has 0 aliphatic heterocycles. The van der Waals surface area contributed by atoms with Crippen molar-refractivity contribution in [2.45, 2.75) is 46.1 Å². The maximum absolute atomic E-state index is 12.5. The maximum atomic E-state index is 12.5. The van der Waals surface area contributed by atoms with Crippen LogP contribution >= 0.6 is 11.6 Å². The number of unbranched alkanes of at least 4 members (excludes halogenated alkanes) is 2. The number of carbonyl (C=O) groups excluding carboxylic acids is 1. The lowest BCUT2D eigenvalue weighted by Gasteiger charge is -2.27. The van der Waals surface area contributed by atoms with Gasteiger partial charge in [-0.25, -0.2) is 0 Å². The molecular formula is C15H23ClN2O. The first kappa shape index (κ1) is 15.8. The molecule has 1 rings (SSSR count). The van der Waals surface area contributed by atoms with Crippen LogP contribution in [0.5, 0.6) is 0 Å². The first-order valence-electron chi connectivity index (χ1n) is 6.83. The van der Waals surface area contributed by atoms with Crippen molar-refractivity contribution in [3.05, 3.63) is 28.8 Å². The lowest BCUT2D eigenvalue weighted by atomic mass is 10.1. The van der Waals surface area contributed by atoms with E-state index in [0.717, 1.165) is 25.8 Å². The van der Waals surface area contributed by atoms with Gasteiger partial charge in [0, 0.05) is 18.2 Å². The van der Waals surface area contributed by atoms with Crippen LogP contribution in [-0.4, -0.2) is 23.4 Å². The average Bonchev–Trinajstić information content (AvgIpc) is 2.37. The minimum absolute atomic E-state index is 0.0227. The smallest absolute Gasteiger partial charge is 0.254 e. The van der Waals surface area contributed by atoms with Crippen LogP contribution in [0, 0.1) is 0 Å². The summed E-state index contributed by atoms with van der Waals surface area (Å²) in [5, 5.41) is 0.485. The van der Waals surface area contributed by atoms with Crippen LogP contribution in [0.1, 0.15) is 50.4 Å². The van der Waals surface area contributed by atoms with Crippen molar-refractivity contribution >= 4 is 23.2 Å². The molecule has 3 nitrogen and oxygen atoms in total. The van der Waals surface area contributed by atoms with E-state index < -0.39 is 0 Å². The molecule has 0 unspecified atom stereocenters. The Morgan fingerprint density at radius 2 is 2.05 bits per heavy atom. The van der Waals surface area contributed by atoms with Gasteiger partial charge in [0.1, 0.15) is 0 Å². The predicted molar refractivity (Wildman–Crippen MR) is 81.6 cm³/mol. The van der Waals surface area contributed by atoms with Gasteiger partial charge in [-0.15, -0.1) is 0 Å². The molecule has 0 heterocycles. The highest BCUT2D eigenvalue weighted by Crippen LogP contribution is 2.21. The van der Waals surface area contributed by atoms with E-state index in [2.05, 4.69) is 6.92 Å². The predicted octanol–water partition coefficient (Wildman–Crippen LogP) is 3.96. The Bertz CT molecular complexity index is 432. The number of rotatable bonds is 6. The normalized spacial score (nSPS) is 10.8. The highest BCUT2D eigenvalue weighted by molar-refractivity contribution is 6.33. The molecule has 0 saturated carbocycles. The Kier molecular flexibility index (Phi) is 6.16. The summed E-state index contributed by atoms with van der Waals surface area (Å²) >= 11 is 5.88. The zero-order valence-corrected chi connectivity index (χ0v) is 12.7.